The summed E-state index contributed by atoms with van der Waals surface area (Å²) < 4.78 is 6.39. The predicted octanol–water partition coefficient (Wildman–Crippen LogP) is 1.19. The van der Waals surface area contributed by atoms with E-state index in [2.05, 4.69) is 33.5 Å². The number of unbranched alkanes of at least 4 members (excludes halogenated alkanes) is 2. The first kappa shape index (κ1) is 24.5. The van der Waals surface area contributed by atoms with Gasteiger partial charge in [-0.25, -0.2) is 0 Å². The number of likely N-dealkylation sites (tertiary alicyclic amines) is 1. The van der Waals surface area contributed by atoms with E-state index >= 15 is 0 Å². The third-order valence-electron chi connectivity index (χ3n) is 7.45. The lowest BCUT2D eigenvalue weighted by Gasteiger charge is -2.38. The predicted molar refractivity (Wildman–Crippen MR) is 119 cm³/mol. The van der Waals surface area contributed by atoms with Gasteiger partial charge in [0.2, 0.25) is 17.7 Å². The lowest BCUT2D eigenvalue weighted by molar-refractivity contribution is -0.147. The number of carbonyl (C=O) groups is 3. The maximum atomic E-state index is 13.8. The molecule has 1 spiro atoms. The number of aliphatic hydroxyl groups is 1. The summed E-state index contributed by atoms with van der Waals surface area (Å²) in [6.07, 6.45) is 3.68. The Hall–Kier alpha value is -1.19. The third-order valence-corrected chi connectivity index (χ3v) is 8.29. The number of nitrogens with zero attached hydrogens (tertiary/aromatic N) is 1. The van der Waals surface area contributed by atoms with Gasteiger partial charge in [0.25, 0.3) is 0 Å². The van der Waals surface area contributed by atoms with Crippen molar-refractivity contribution in [2.75, 3.05) is 20.2 Å². The summed E-state index contributed by atoms with van der Waals surface area (Å²) in [6.45, 7) is 6.35. The minimum absolute atomic E-state index is 0.00464. The van der Waals surface area contributed by atoms with Crippen LogP contribution < -0.4 is 10.6 Å². The molecule has 3 fully saturated rings. The molecule has 8 atom stereocenters. The Balaban J connectivity index is 2.01. The second kappa shape index (κ2) is 9.75. The molecular weight excluding hydrogens is 466 g/mol. The minimum Gasteiger partial charge on any atom is -0.394 e. The molecule has 2 bridgehead atoms. The monoisotopic (exact) mass is 501 g/mol. The van der Waals surface area contributed by atoms with Crippen LogP contribution in [0.3, 0.4) is 0 Å². The Morgan fingerprint density at radius 1 is 1.32 bits per heavy atom. The van der Waals surface area contributed by atoms with Gasteiger partial charge in [-0.1, -0.05) is 56.0 Å². The number of carbonyl (C=O) groups excluding carboxylic acids is 3. The summed E-state index contributed by atoms with van der Waals surface area (Å²) in [7, 11) is 1.55. The van der Waals surface area contributed by atoms with Crippen LogP contribution in [0, 0.1) is 17.8 Å². The molecule has 3 heterocycles. The Bertz CT molecular complexity index is 707. The van der Waals surface area contributed by atoms with Gasteiger partial charge in [-0.05, 0) is 18.8 Å². The molecule has 0 aliphatic carbocycles. The van der Waals surface area contributed by atoms with Crippen molar-refractivity contribution in [3.05, 3.63) is 0 Å². The summed E-state index contributed by atoms with van der Waals surface area (Å²) in [5.41, 5.74) is -1.07. The number of amides is 3. The molecule has 9 heteroatoms. The molecule has 0 saturated carbocycles. The number of halogens is 1. The van der Waals surface area contributed by atoms with Crippen molar-refractivity contribution in [1.29, 1.82) is 0 Å². The number of alkyl halides is 1. The number of fused-ring (bicyclic) bond motifs is 1. The van der Waals surface area contributed by atoms with Gasteiger partial charge in [0.15, 0.2) is 0 Å². The van der Waals surface area contributed by atoms with Crippen LogP contribution in [0.15, 0.2) is 0 Å². The standard InChI is InChI=1S/C22H36BrN3O5/c1-5-7-8-9-25-20(29)18-22-10-13(23)17(31-22)15(19(28)24-4)16(22)21(30)26(18)14(11-27)12(3)6-2/h12-18,27H,5-11H2,1-4H3,(H,24,28)(H,25,29)/t12-,13?,14-,15-,16-,17-,18?,22?/m0/s1. The molecule has 0 aromatic heterocycles. The summed E-state index contributed by atoms with van der Waals surface area (Å²) in [5, 5.41) is 15.9. The second-order valence-electron chi connectivity index (χ2n) is 9.16. The molecule has 3 saturated heterocycles. The van der Waals surface area contributed by atoms with E-state index in [4.69, 9.17) is 4.74 Å². The molecule has 3 aliphatic heterocycles. The highest BCUT2D eigenvalue weighted by molar-refractivity contribution is 9.09. The lowest BCUT2D eigenvalue weighted by Crippen LogP contribution is -2.59. The molecule has 0 radical (unpaired) electrons. The topological polar surface area (TPSA) is 108 Å². The van der Waals surface area contributed by atoms with E-state index < -0.39 is 35.6 Å². The van der Waals surface area contributed by atoms with Gasteiger partial charge in [-0.15, -0.1) is 0 Å². The zero-order chi connectivity index (χ0) is 22.9. The lowest BCUT2D eigenvalue weighted by atomic mass is 9.70. The Kier molecular flexibility index (Phi) is 7.69. The van der Waals surface area contributed by atoms with Crippen LogP contribution in [0.2, 0.25) is 0 Å². The quantitative estimate of drug-likeness (QED) is 0.307. The Labute approximate surface area is 193 Å². The molecule has 3 N–H and O–H groups in total. The zero-order valence-corrected chi connectivity index (χ0v) is 20.5. The summed E-state index contributed by atoms with van der Waals surface area (Å²) in [5.74, 6) is -2.16. The molecule has 3 amide bonds. The van der Waals surface area contributed by atoms with Crippen LogP contribution in [0.5, 0.6) is 0 Å². The van der Waals surface area contributed by atoms with Gasteiger partial charge in [0, 0.05) is 18.4 Å². The molecule has 176 valence electrons. The first-order valence-corrected chi connectivity index (χ1v) is 12.4. The summed E-state index contributed by atoms with van der Waals surface area (Å²) >= 11 is 3.64. The smallest absolute Gasteiger partial charge is 0.245 e. The summed E-state index contributed by atoms with van der Waals surface area (Å²) in [6, 6.07) is -1.37. The molecule has 3 rings (SSSR count). The van der Waals surface area contributed by atoms with Crippen molar-refractivity contribution < 1.29 is 24.2 Å². The minimum atomic E-state index is -1.07. The van der Waals surface area contributed by atoms with Crippen LogP contribution in [0.25, 0.3) is 0 Å². The summed E-state index contributed by atoms with van der Waals surface area (Å²) in [4.78, 5) is 41.5. The molecule has 0 aromatic rings. The normalized spacial score (nSPS) is 35.7. The van der Waals surface area contributed by atoms with Crippen molar-refractivity contribution in [1.82, 2.24) is 15.5 Å². The molecule has 0 aromatic carbocycles. The Morgan fingerprint density at radius 2 is 2.03 bits per heavy atom. The number of hydrogen-bond acceptors (Lipinski definition) is 5. The van der Waals surface area contributed by atoms with E-state index in [1.54, 1.807) is 11.9 Å². The van der Waals surface area contributed by atoms with Gasteiger partial charge in [-0.3, -0.25) is 14.4 Å². The van der Waals surface area contributed by atoms with Crippen LogP contribution in [-0.2, 0) is 19.1 Å². The number of hydrogen-bond donors (Lipinski definition) is 3. The molecular formula is C22H36BrN3O5. The van der Waals surface area contributed by atoms with Crippen molar-refractivity contribution in [3.63, 3.8) is 0 Å². The van der Waals surface area contributed by atoms with E-state index in [0.29, 0.717) is 13.0 Å². The van der Waals surface area contributed by atoms with Gasteiger partial charge in [-0.2, -0.15) is 0 Å². The highest BCUT2D eigenvalue weighted by Gasteiger charge is 2.77. The fourth-order valence-electron chi connectivity index (χ4n) is 5.69. The van der Waals surface area contributed by atoms with Gasteiger partial charge < -0.3 is 25.4 Å². The maximum Gasteiger partial charge on any atom is 0.245 e. The average molecular weight is 502 g/mol. The Morgan fingerprint density at radius 3 is 2.61 bits per heavy atom. The van der Waals surface area contributed by atoms with Crippen molar-refractivity contribution in [2.24, 2.45) is 17.8 Å². The van der Waals surface area contributed by atoms with E-state index in [1.165, 1.54) is 0 Å². The number of nitrogens with one attached hydrogen (secondary N) is 2. The fourth-order valence-corrected chi connectivity index (χ4v) is 6.63. The molecule has 3 unspecified atom stereocenters. The van der Waals surface area contributed by atoms with Gasteiger partial charge >= 0.3 is 0 Å². The molecule has 8 nitrogen and oxygen atoms in total. The van der Waals surface area contributed by atoms with Crippen LogP contribution in [-0.4, -0.2) is 76.5 Å². The highest BCUT2D eigenvalue weighted by Crippen LogP contribution is 2.60. The van der Waals surface area contributed by atoms with Gasteiger partial charge in [0.1, 0.15) is 11.6 Å². The van der Waals surface area contributed by atoms with Crippen molar-refractivity contribution >= 4 is 33.7 Å². The number of ether oxygens (including phenoxy) is 1. The molecule has 3 aliphatic rings. The van der Waals surface area contributed by atoms with E-state index in [-0.39, 0.29) is 35.1 Å². The van der Waals surface area contributed by atoms with Crippen LogP contribution >= 0.6 is 15.9 Å². The van der Waals surface area contributed by atoms with Gasteiger partial charge in [0.05, 0.1) is 30.6 Å². The highest BCUT2D eigenvalue weighted by atomic mass is 79.9. The molecule has 31 heavy (non-hydrogen) atoms. The van der Waals surface area contributed by atoms with E-state index in [0.717, 1.165) is 25.7 Å². The average Bonchev–Trinajstić information content (AvgIpc) is 3.35. The first-order chi connectivity index (χ1) is 14.8. The van der Waals surface area contributed by atoms with E-state index in [1.807, 2.05) is 13.8 Å². The maximum absolute atomic E-state index is 13.8. The second-order valence-corrected chi connectivity index (χ2v) is 10.3. The fraction of sp³-hybridized carbons (Fsp3) is 0.864. The number of aliphatic hydroxyl groups excluding tert-OH is 1. The third kappa shape index (κ3) is 3.91. The zero-order valence-electron chi connectivity index (χ0n) is 18.9. The van der Waals surface area contributed by atoms with Crippen molar-refractivity contribution in [3.8, 4) is 0 Å². The SMILES string of the molecule is CCCCCNC(=O)C1N([C@@H](CO)[C@@H](C)CC)C(=O)[C@@H]2[C@H](C(=O)NC)[C@H]3OC12CC3Br. The largest absolute Gasteiger partial charge is 0.394 e. The van der Waals surface area contributed by atoms with Crippen LogP contribution in [0.4, 0.5) is 0 Å². The van der Waals surface area contributed by atoms with Crippen LogP contribution in [0.1, 0.15) is 52.9 Å². The van der Waals surface area contributed by atoms with E-state index in [9.17, 15) is 19.5 Å². The first-order valence-electron chi connectivity index (χ1n) is 11.5. The number of rotatable bonds is 10. The van der Waals surface area contributed by atoms with Crippen molar-refractivity contribution in [2.45, 2.75) is 81.5 Å².